The molecule has 1 heterocycles. The van der Waals surface area contributed by atoms with Gasteiger partial charge in [0.05, 0.1) is 16.7 Å². The molecule has 182 valence electrons. The minimum atomic E-state index is -3.16. The van der Waals surface area contributed by atoms with Gasteiger partial charge in [-0.1, -0.05) is 25.3 Å². The third-order valence-electron chi connectivity index (χ3n) is 6.03. The third kappa shape index (κ3) is 8.33. The average Bonchev–Trinajstić information content (AvgIpc) is 3.60. The number of benzene rings is 1. The van der Waals surface area contributed by atoms with Crippen molar-refractivity contribution in [2.45, 2.75) is 66.7 Å². The maximum Gasteiger partial charge on any atom is 0.405 e. The van der Waals surface area contributed by atoms with E-state index in [1.807, 2.05) is 42.6 Å². The smallest absolute Gasteiger partial charge is 0.405 e. The number of aryl methyl sites for hydroxylation is 1. The minimum Gasteiger partial charge on any atom is -0.465 e. The highest BCUT2D eigenvalue weighted by Crippen LogP contribution is 2.34. The van der Waals surface area contributed by atoms with E-state index in [1.54, 1.807) is 23.9 Å². The first-order valence-electron chi connectivity index (χ1n) is 11.6. The lowest BCUT2D eigenvalue weighted by Gasteiger charge is -2.21. The van der Waals surface area contributed by atoms with Gasteiger partial charge in [0.25, 0.3) is 0 Å². The van der Waals surface area contributed by atoms with E-state index in [1.165, 1.54) is 19.3 Å². The number of carboxylic acid groups (broad SMARTS) is 1. The monoisotopic (exact) mass is 501 g/mol. The standard InChI is InChI=1S/C20H25NO2S2.C5H6N2O2/c22-25(23,16-17-6-2-1-3-7-17)20-11-9-19(10-12-20)24-15-13-18-8-4-5-14-21-18;6-3-5(1-2-5)7-4(8)9/h4-5,8-12,14,17H,1-3,6-7,13,15-16H2;7H,1-2H2,(H,8,9). The molecule has 2 aromatic rings. The summed E-state index contributed by atoms with van der Waals surface area (Å²) in [5, 5.41) is 18.6. The van der Waals surface area contributed by atoms with Crippen LogP contribution in [0.25, 0.3) is 0 Å². The van der Waals surface area contributed by atoms with Crippen LogP contribution in [0.1, 0.15) is 50.6 Å². The Labute approximate surface area is 205 Å². The summed E-state index contributed by atoms with van der Waals surface area (Å²) in [7, 11) is -3.16. The lowest BCUT2D eigenvalue weighted by molar-refractivity contribution is 0.191. The Morgan fingerprint density at radius 2 is 1.85 bits per heavy atom. The van der Waals surface area contributed by atoms with Gasteiger partial charge < -0.3 is 10.4 Å². The van der Waals surface area contributed by atoms with E-state index in [9.17, 15) is 13.2 Å². The highest BCUT2D eigenvalue weighted by molar-refractivity contribution is 7.99. The average molecular weight is 502 g/mol. The van der Waals surface area contributed by atoms with Gasteiger partial charge >= 0.3 is 6.09 Å². The maximum atomic E-state index is 12.6. The van der Waals surface area contributed by atoms with E-state index in [0.717, 1.165) is 35.6 Å². The van der Waals surface area contributed by atoms with E-state index < -0.39 is 21.5 Å². The van der Waals surface area contributed by atoms with Gasteiger partial charge in [0.2, 0.25) is 0 Å². The van der Waals surface area contributed by atoms with Gasteiger partial charge in [-0.15, -0.1) is 11.8 Å². The zero-order chi connectivity index (χ0) is 24.4. The Morgan fingerprint density at radius 1 is 1.15 bits per heavy atom. The Balaban J connectivity index is 0.000000302. The summed E-state index contributed by atoms with van der Waals surface area (Å²) in [5.41, 5.74) is 0.355. The molecule has 1 aromatic carbocycles. The molecule has 0 atom stereocenters. The van der Waals surface area contributed by atoms with Crippen LogP contribution in [0.15, 0.2) is 58.5 Å². The fourth-order valence-corrected chi connectivity index (χ4v) is 6.49. The lowest BCUT2D eigenvalue weighted by atomic mass is 9.91. The zero-order valence-corrected chi connectivity index (χ0v) is 20.8. The highest BCUT2D eigenvalue weighted by Gasteiger charge is 2.44. The third-order valence-corrected chi connectivity index (χ3v) is 8.94. The maximum absolute atomic E-state index is 12.6. The van der Waals surface area contributed by atoms with E-state index in [4.69, 9.17) is 10.4 Å². The topological polar surface area (TPSA) is 120 Å². The van der Waals surface area contributed by atoms with E-state index in [2.05, 4.69) is 10.3 Å². The molecule has 2 fully saturated rings. The van der Waals surface area contributed by atoms with Crippen molar-refractivity contribution in [3.8, 4) is 6.07 Å². The van der Waals surface area contributed by atoms with Gasteiger partial charge in [0.1, 0.15) is 5.54 Å². The van der Waals surface area contributed by atoms with Gasteiger partial charge in [-0.3, -0.25) is 4.98 Å². The fraction of sp³-hybridized carbons (Fsp3) is 0.480. The van der Waals surface area contributed by atoms with Crippen LogP contribution in [0.3, 0.4) is 0 Å². The van der Waals surface area contributed by atoms with Crippen molar-refractivity contribution in [3.63, 3.8) is 0 Å². The molecule has 4 rings (SSSR count). The Hall–Kier alpha value is -2.57. The molecular weight excluding hydrogens is 470 g/mol. The highest BCUT2D eigenvalue weighted by atomic mass is 32.2. The second-order valence-electron chi connectivity index (χ2n) is 8.80. The second kappa shape index (κ2) is 12.2. The molecule has 2 aliphatic carbocycles. The molecule has 1 amide bonds. The predicted octanol–water partition coefficient (Wildman–Crippen LogP) is 5.08. The Kier molecular flexibility index (Phi) is 9.36. The van der Waals surface area contributed by atoms with Crippen LogP contribution >= 0.6 is 11.8 Å². The van der Waals surface area contributed by atoms with Crippen LogP contribution in [-0.4, -0.2) is 41.6 Å². The van der Waals surface area contributed by atoms with Crippen molar-refractivity contribution in [2.75, 3.05) is 11.5 Å². The zero-order valence-electron chi connectivity index (χ0n) is 19.2. The molecule has 7 nitrogen and oxygen atoms in total. The molecule has 0 unspecified atom stereocenters. The number of pyridine rings is 1. The summed E-state index contributed by atoms with van der Waals surface area (Å²) >= 11 is 1.74. The number of hydrogen-bond acceptors (Lipinski definition) is 6. The molecule has 0 bridgehead atoms. The number of carbonyl (C=O) groups is 1. The van der Waals surface area contributed by atoms with Crippen molar-refractivity contribution in [3.05, 3.63) is 54.4 Å². The van der Waals surface area contributed by atoms with Crippen molar-refractivity contribution in [2.24, 2.45) is 5.92 Å². The van der Waals surface area contributed by atoms with Crippen molar-refractivity contribution in [1.29, 1.82) is 5.26 Å². The van der Waals surface area contributed by atoms with Crippen molar-refractivity contribution in [1.82, 2.24) is 10.3 Å². The Bertz CT molecular complexity index is 1070. The van der Waals surface area contributed by atoms with Gasteiger partial charge in [0.15, 0.2) is 9.84 Å². The first-order chi connectivity index (χ1) is 16.3. The summed E-state index contributed by atoms with van der Waals surface area (Å²) in [6.07, 6.45) is 8.61. The van der Waals surface area contributed by atoms with Crippen molar-refractivity contribution >= 4 is 27.7 Å². The van der Waals surface area contributed by atoms with Crippen LogP contribution < -0.4 is 5.32 Å². The number of thioether (sulfide) groups is 1. The molecule has 9 heteroatoms. The van der Waals surface area contributed by atoms with E-state index in [-0.39, 0.29) is 0 Å². The predicted molar refractivity (Wildman–Crippen MR) is 132 cm³/mol. The van der Waals surface area contributed by atoms with Gasteiger partial charge in [-0.05, 0) is 74.4 Å². The minimum absolute atomic E-state index is 0.305. The molecule has 0 aliphatic heterocycles. The summed E-state index contributed by atoms with van der Waals surface area (Å²) in [4.78, 5) is 15.8. The van der Waals surface area contributed by atoms with Gasteiger partial charge in [0, 0.05) is 22.5 Å². The normalized spacial score (nSPS) is 17.0. The van der Waals surface area contributed by atoms with Crippen LogP contribution in [0, 0.1) is 17.2 Å². The lowest BCUT2D eigenvalue weighted by Crippen LogP contribution is -2.33. The molecule has 0 radical (unpaired) electrons. The number of nitriles is 1. The molecule has 0 saturated heterocycles. The molecular formula is C25H31N3O4S2. The first kappa shape index (κ1) is 26.0. The number of hydrogen-bond donors (Lipinski definition) is 2. The molecule has 34 heavy (non-hydrogen) atoms. The van der Waals surface area contributed by atoms with E-state index in [0.29, 0.717) is 29.4 Å². The van der Waals surface area contributed by atoms with Crippen LogP contribution in [-0.2, 0) is 16.3 Å². The number of sulfone groups is 1. The van der Waals surface area contributed by atoms with E-state index >= 15 is 0 Å². The van der Waals surface area contributed by atoms with Gasteiger partial charge in [-0.25, -0.2) is 13.2 Å². The summed E-state index contributed by atoms with van der Waals surface area (Å²) in [5.74, 6) is 1.58. The summed E-state index contributed by atoms with van der Waals surface area (Å²) < 4.78 is 25.2. The van der Waals surface area contributed by atoms with Crippen LogP contribution in [0.4, 0.5) is 4.79 Å². The van der Waals surface area contributed by atoms with Crippen LogP contribution in [0.5, 0.6) is 0 Å². The molecule has 1 aromatic heterocycles. The first-order valence-corrected chi connectivity index (χ1v) is 14.2. The largest absolute Gasteiger partial charge is 0.465 e. The number of nitrogens with zero attached hydrogens (tertiary/aromatic N) is 2. The number of aromatic nitrogens is 1. The SMILES string of the molecule is N#CC1(NC(=O)O)CC1.O=S(=O)(CC1CCCCC1)c1ccc(SCCc2ccccn2)cc1. The van der Waals surface area contributed by atoms with Crippen molar-refractivity contribution < 1.29 is 18.3 Å². The number of nitrogens with one attached hydrogen (secondary N) is 1. The number of rotatable bonds is 8. The Morgan fingerprint density at radius 3 is 2.38 bits per heavy atom. The van der Waals surface area contributed by atoms with Crippen LogP contribution in [0.2, 0.25) is 0 Å². The number of amides is 1. The summed E-state index contributed by atoms with van der Waals surface area (Å²) in [6.45, 7) is 0. The van der Waals surface area contributed by atoms with Gasteiger partial charge in [-0.2, -0.15) is 5.26 Å². The molecule has 2 N–H and O–H groups in total. The quantitative estimate of drug-likeness (QED) is 0.484. The summed E-state index contributed by atoms with van der Waals surface area (Å²) in [6, 6.07) is 15.2. The molecule has 0 spiro atoms. The second-order valence-corrected chi connectivity index (χ2v) is 12.0. The fourth-order valence-electron chi connectivity index (χ4n) is 3.92. The molecule has 2 aliphatic rings. The molecule has 2 saturated carbocycles.